The van der Waals surface area contributed by atoms with Crippen molar-refractivity contribution in [1.29, 1.82) is 0 Å². The average molecular weight is 495 g/mol. The summed E-state index contributed by atoms with van der Waals surface area (Å²) >= 11 is 1.34. The molecule has 3 atom stereocenters. The van der Waals surface area contributed by atoms with E-state index in [1.54, 1.807) is 24.4 Å². The zero-order chi connectivity index (χ0) is 24.8. The third-order valence-corrected chi connectivity index (χ3v) is 6.66. The van der Waals surface area contributed by atoms with E-state index >= 15 is 0 Å². The molecule has 8 nitrogen and oxygen atoms in total. The molecule has 9 heteroatoms. The average Bonchev–Trinajstić information content (AvgIpc) is 2.87. The van der Waals surface area contributed by atoms with Gasteiger partial charge in [0.25, 0.3) is 0 Å². The molecule has 0 spiro atoms. The fourth-order valence-electron chi connectivity index (χ4n) is 3.79. The molecule has 0 saturated carbocycles. The molecule has 2 heterocycles. The molecule has 35 heavy (non-hydrogen) atoms. The highest BCUT2D eigenvalue weighted by Gasteiger charge is 2.32. The van der Waals surface area contributed by atoms with Gasteiger partial charge in [-0.25, -0.2) is 9.78 Å². The lowest BCUT2D eigenvalue weighted by Crippen LogP contribution is -2.31. The van der Waals surface area contributed by atoms with E-state index in [1.165, 1.54) is 24.8 Å². The van der Waals surface area contributed by atoms with Gasteiger partial charge >= 0.3 is 5.97 Å². The first-order valence-corrected chi connectivity index (χ1v) is 12.1. The molecule has 0 aliphatic carbocycles. The van der Waals surface area contributed by atoms with Crippen LogP contribution in [0.15, 0.2) is 71.9 Å². The van der Waals surface area contributed by atoms with Crippen LogP contribution in [0.1, 0.15) is 52.8 Å². The lowest BCUT2D eigenvalue weighted by molar-refractivity contribution is -0.245. The zero-order valence-electron chi connectivity index (χ0n) is 19.1. The zero-order valence-corrected chi connectivity index (χ0v) is 19.9. The van der Waals surface area contributed by atoms with Crippen molar-refractivity contribution in [3.63, 3.8) is 0 Å². The lowest BCUT2D eigenvalue weighted by Gasteiger charge is -2.36. The summed E-state index contributed by atoms with van der Waals surface area (Å²) in [5.74, 6) is -0.680. The number of amides is 1. The Morgan fingerprint density at radius 2 is 1.77 bits per heavy atom. The van der Waals surface area contributed by atoms with Gasteiger partial charge in [0.2, 0.25) is 5.91 Å². The van der Waals surface area contributed by atoms with E-state index in [0.29, 0.717) is 22.9 Å². The Bertz CT molecular complexity index is 1170. The van der Waals surface area contributed by atoms with E-state index < -0.39 is 12.3 Å². The molecule has 1 saturated heterocycles. The summed E-state index contributed by atoms with van der Waals surface area (Å²) in [5.41, 5.74) is 3.41. The fourth-order valence-corrected chi connectivity index (χ4v) is 4.79. The number of carboxylic acids is 1. The molecule has 2 aromatic carbocycles. The molecule has 3 N–H and O–H groups in total. The Balaban J connectivity index is 1.54. The van der Waals surface area contributed by atoms with Crippen molar-refractivity contribution in [3.8, 4) is 0 Å². The van der Waals surface area contributed by atoms with Gasteiger partial charge < -0.3 is 25.0 Å². The predicted molar refractivity (Wildman–Crippen MR) is 131 cm³/mol. The number of nitrogens with zero attached hydrogens (tertiary/aromatic N) is 1. The van der Waals surface area contributed by atoms with E-state index in [-0.39, 0.29) is 30.3 Å². The molecular weight excluding hydrogens is 468 g/mol. The standard InChI is InChI=1S/C26H26N2O6S/c1-16(30)28-20-10-8-19(9-11-20)26-33-21(15-35-24-22(25(31)32)3-2-12-27-24)13-23(34-26)18-6-4-17(14-29)5-7-18/h2-12,21,23,26,29H,13-15H2,1H3,(H,28,30)(H,31,32)/t21-,23+,26+/m0/s1. The highest BCUT2D eigenvalue weighted by atomic mass is 32.2. The van der Waals surface area contributed by atoms with Gasteiger partial charge in [0.1, 0.15) is 5.03 Å². The van der Waals surface area contributed by atoms with Crippen LogP contribution in [0.4, 0.5) is 5.69 Å². The number of nitrogens with one attached hydrogen (secondary N) is 1. The van der Waals surface area contributed by atoms with Crippen molar-refractivity contribution in [2.24, 2.45) is 0 Å². The summed E-state index contributed by atoms with van der Waals surface area (Å²) in [6, 6.07) is 18.0. The van der Waals surface area contributed by atoms with Crippen molar-refractivity contribution in [2.45, 2.75) is 43.5 Å². The Morgan fingerprint density at radius 3 is 2.43 bits per heavy atom. The van der Waals surface area contributed by atoms with Crippen LogP contribution in [0, 0.1) is 0 Å². The first-order valence-electron chi connectivity index (χ1n) is 11.1. The van der Waals surface area contributed by atoms with Crippen LogP contribution in [-0.4, -0.2) is 38.9 Å². The maximum absolute atomic E-state index is 11.5. The molecule has 1 aliphatic rings. The number of benzene rings is 2. The maximum Gasteiger partial charge on any atom is 0.338 e. The van der Waals surface area contributed by atoms with Crippen LogP contribution < -0.4 is 5.32 Å². The number of carbonyl (C=O) groups excluding carboxylic acids is 1. The second kappa shape index (κ2) is 11.5. The molecule has 182 valence electrons. The SMILES string of the molecule is CC(=O)Nc1ccc([C@@H]2O[C@H](CSc3ncccc3C(=O)O)C[C@H](c3ccc(CO)cc3)O2)cc1. The van der Waals surface area contributed by atoms with Gasteiger partial charge in [-0.15, -0.1) is 11.8 Å². The summed E-state index contributed by atoms with van der Waals surface area (Å²) in [7, 11) is 0. The minimum Gasteiger partial charge on any atom is -0.478 e. The Morgan fingerprint density at radius 1 is 1.06 bits per heavy atom. The van der Waals surface area contributed by atoms with Gasteiger partial charge in [0.15, 0.2) is 6.29 Å². The van der Waals surface area contributed by atoms with Gasteiger partial charge in [0, 0.05) is 36.5 Å². The van der Waals surface area contributed by atoms with Crippen molar-refractivity contribution in [3.05, 3.63) is 89.1 Å². The largest absolute Gasteiger partial charge is 0.478 e. The molecule has 0 radical (unpaired) electrons. The normalized spacial score (nSPS) is 19.8. The molecule has 0 unspecified atom stereocenters. The smallest absolute Gasteiger partial charge is 0.338 e. The Kier molecular flexibility index (Phi) is 8.14. The van der Waals surface area contributed by atoms with E-state index in [4.69, 9.17) is 9.47 Å². The third kappa shape index (κ3) is 6.46. The van der Waals surface area contributed by atoms with Crippen molar-refractivity contribution < 1.29 is 29.3 Å². The monoisotopic (exact) mass is 494 g/mol. The lowest BCUT2D eigenvalue weighted by atomic mass is 10.0. The molecule has 1 fully saturated rings. The minimum atomic E-state index is -1.02. The van der Waals surface area contributed by atoms with Gasteiger partial charge in [0.05, 0.1) is 24.4 Å². The molecule has 1 amide bonds. The second-order valence-corrected chi connectivity index (χ2v) is 9.13. The van der Waals surface area contributed by atoms with E-state index in [9.17, 15) is 19.8 Å². The summed E-state index contributed by atoms with van der Waals surface area (Å²) in [6.45, 7) is 1.42. The second-order valence-electron chi connectivity index (χ2n) is 8.13. The number of hydrogen-bond acceptors (Lipinski definition) is 7. The number of carboxylic acid groups (broad SMARTS) is 1. The fraction of sp³-hybridized carbons (Fsp3) is 0.269. The van der Waals surface area contributed by atoms with Gasteiger partial charge in [-0.1, -0.05) is 36.4 Å². The number of pyridine rings is 1. The Labute approximate surface area is 207 Å². The highest BCUT2D eigenvalue weighted by Crippen LogP contribution is 2.39. The number of aromatic nitrogens is 1. The van der Waals surface area contributed by atoms with Crippen LogP contribution in [0.3, 0.4) is 0 Å². The van der Waals surface area contributed by atoms with E-state index in [0.717, 1.165) is 16.7 Å². The van der Waals surface area contributed by atoms with Crippen LogP contribution >= 0.6 is 11.8 Å². The topological polar surface area (TPSA) is 118 Å². The van der Waals surface area contributed by atoms with Crippen LogP contribution in [0.2, 0.25) is 0 Å². The molecule has 0 bridgehead atoms. The molecule has 1 aliphatic heterocycles. The summed E-state index contributed by atoms with van der Waals surface area (Å²) < 4.78 is 12.6. The molecule has 4 rings (SSSR count). The number of ether oxygens (including phenoxy) is 2. The first kappa shape index (κ1) is 24.9. The number of anilines is 1. The Hall–Kier alpha value is -3.24. The van der Waals surface area contributed by atoms with Crippen molar-refractivity contribution in [2.75, 3.05) is 11.1 Å². The quantitative estimate of drug-likeness (QED) is 0.390. The number of rotatable bonds is 8. The van der Waals surface area contributed by atoms with Gasteiger partial charge in [-0.2, -0.15) is 0 Å². The summed E-state index contributed by atoms with van der Waals surface area (Å²) in [4.78, 5) is 27.1. The number of aliphatic hydroxyl groups excluding tert-OH is 1. The van der Waals surface area contributed by atoms with Crippen LogP contribution in [0.5, 0.6) is 0 Å². The van der Waals surface area contributed by atoms with Crippen LogP contribution in [-0.2, 0) is 20.9 Å². The van der Waals surface area contributed by atoms with Crippen LogP contribution in [0.25, 0.3) is 0 Å². The first-order chi connectivity index (χ1) is 16.9. The summed E-state index contributed by atoms with van der Waals surface area (Å²) in [5, 5.41) is 22.0. The molecule has 1 aromatic heterocycles. The van der Waals surface area contributed by atoms with Crippen molar-refractivity contribution >= 4 is 29.3 Å². The molecular formula is C26H26N2O6S. The van der Waals surface area contributed by atoms with Crippen molar-refractivity contribution in [1.82, 2.24) is 4.98 Å². The number of hydrogen-bond donors (Lipinski definition) is 3. The molecule has 3 aromatic rings. The summed E-state index contributed by atoms with van der Waals surface area (Å²) in [6.07, 6.45) is 1.00. The predicted octanol–water partition coefficient (Wildman–Crippen LogP) is 4.57. The van der Waals surface area contributed by atoms with E-state index in [1.807, 2.05) is 36.4 Å². The maximum atomic E-state index is 11.5. The number of aliphatic hydroxyl groups is 1. The highest BCUT2D eigenvalue weighted by molar-refractivity contribution is 7.99. The van der Waals surface area contributed by atoms with Gasteiger partial charge in [-0.3, -0.25) is 4.79 Å². The number of carbonyl (C=O) groups is 2. The third-order valence-electron chi connectivity index (χ3n) is 5.53. The van der Waals surface area contributed by atoms with Gasteiger partial charge in [-0.05, 0) is 35.4 Å². The number of aromatic carboxylic acids is 1. The number of thioether (sulfide) groups is 1. The van der Waals surface area contributed by atoms with E-state index in [2.05, 4.69) is 10.3 Å². The minimum absolute atomic E-state index is 0.0343.